The van der Waals surface area contributed by atoms with Gasteiger partial charge in [-0.2, -0.15) is 5.26 Å². The topological polar surface area (TPSA) is 23.8 Å². The van der Waals surface area contributed by atoms with E-state index in [0.29, 0.717) is 0 Å². The number of hydrogen-bond donors (Lipinski definition) is 0. The van der Waals surface area contributed by atoms with Gasteiger partial charge in [-0.25, -0.2) is 0 Å². The molecule has 0 saturated heterocycles. The monoisotopic (exact) mass is 253 g/mol. The van der Waals surface area contributed by atoms with Gasteiger partial charge < -0.3 is 0 Å². The minimum atomic E-state index is -0.476. The first-order valence-electron chi connectivity index (χ1n) is 2.91. The molecule has 0 rings (SSSR count). The van der Waals surface area contributed by atoms with E-state index in [0.717, 1.165) is 19.3 Å². The maximum Gasteiger partial charge on any atom is 0.166 e. The van der Waals surface area contributed by atoms with Crippen LogP contribution in [0.5, 0.6) is 0 Å². The summed E-state index contributed by atoms with van der Waals surface area (Å²) >= 11 is 6.48. The molecule has 0 heterocycles. The molecule has 9 heavy (non-hydrogen) atoms. The lowest BCUT2D eigenvalue weighted by atomic mass is 10.2. The molecule has 0 aliphatic carbocycles. The molecule has 0 aromatic heterocycles. The Morgan fingerprint density at radius 2 is 2.11 bits per heavy atom. The largest absolute Gasteiger partial charge is 0.196 e. The van der Waals surface area contributed by atoms with Crippen LogP contribution >= 0.6 is 31.9 Å². The summed E-state index contributed by atoms with van der Waals surface area (Å²) in [5.74, 6) is 0. The molecular weight excluding hydrogens is 246 g/mol. The number of hydrogen-bond acceptors (Lipinski definition) is 1. The van der Waals surface area contributed by atoms with Crippen molar-refractivity contribution in [1.29, 1.82) is 5.26 Å². The molecule has 0 radical (unpaired) electrons. The lowest BCUT2D eigenvalue weighted by Gasteiger charge is -2.08. The molecule has 0 bridgehead atoms. The maximum atomic E-state index is 8.48. The maximum absolute atomic E-state index is 8.48. The van der Waals surface area contributed by atoms with Gasteiger partial charge in [0, 0.05) is 0 Å². The zero-order valence-corrected chi connectivity index (χ0v) is 8.50. The van der Waals surface area contributed by atoms with Gasteiger partial charge in [0.1, 0.15) is 0 Å². The van der Waals surface area contributed by atoms with Crippen LogP contribution in [0.2, 0.25) is 0 Å². The Hall–Kier alpha value is 0.450. The van der Waals surface area contributed by atoms with E-state index in [9.17, 15) is 0 Å². The van der Waals surface area contributed by atoms with Gasteiger partial charge in [-0.1, -0.05) is 51.6 Å². The summed E-state index contributed by atoms with van der Waals surface area (Å²) in [6.07, 6.45) is 3.06. The second kappa shape index (κ2) is 4.29. The van der Waals surface area contributed by atoms with Gasteiger partial charge >= 0.3 is 0 Å². The van der Waals surface area contributed by atoms with E-state index in [1.165, 1.54) is 0 Å². The van der Waals surface area contributed by atoms with Crippen molar-refractivity contribution in [2.75, 3.05) is 0 Å². The highest BCUT2D eigenvalue weighted by Gasteiger charge is 2.19. The Bertz CT molecular complexity index is 115. The van der Waals surface area contributed by atoms with Gasteiger partial charge in [0.05, 0.1) is 6.07 Å². The molecule has 0 aromatic rings. The van der Waals surface area contributed by atoms with Crippen molar-refractivity contribution < 1.29 is 0 Å². The summed E-state index contributed by atoms with van der Waals surface area (Å²) in [6, 6.07) is 2.11. The van der Waals surface area contributed by atoms with E-state index in [4.69, 9.17) is 5.26 Å². The van der Waals surface area contributed by atoms with Gasteiger partial charge in [-0.3, -0.25) is 0 Å². The Labute approximate surface area is 72.7 Å². The lowest BCUT2D eigenvalue weighted by molar-refractivity contribution is 0.732. The smallest absolute Gasteiger partial charge is 0.166 e. The molecule has 0 aliphatic rings. The molecule has 52 valence electrons. The fraction of sp³-hybridized carbons (Fsp3) is 0.833. The fourth-order valence-electron chi connectivity index (χ4n) is 0.455. The molecule has 0 atom stereocenters. The molecule has 0 saturated carbocycles. The molecule has 0 aromatic carbocycles. The highest BCUT2D eigenvalue weighted by atomic mass is 79.9. The number of nitrogens with zero attached hydrogens (tertiary/aromatic N) is 1. The van der Waals surface area contributed by atoms with Gasteiger partial charge in [-0.15, -0.1) is 0 Å². The second-order valence-electron chi connectivity index (χ2n) is 1.92. The van der Waals surface area contributed by atoms with Crippen LogP contribution in [0.4, 0.5) is 0 Å². The van der Waals surface area contributed by atoms with Crippen LogP contribution < -0.4 is 0 Å². The Balaban J connectivity index is 3.49. The van der Waals surface area contributed by atoms with Crippen LogP contribution in [0.1, 0.15) is 26.2 Å². The van der Waals surface area contributed by atoms with E-state index < -0.39 is 3.23 Å². The molecule has 0 fully saturated rings. The van der Waals surface area contributed by atoms with Crippen molar-refractivity contribution in [3.05, 3.63) is 0 Å². The van der Waals surface area contributed by atoms with Crippen molar-refractivity contribution in [2.24, 2.45) is 0 Å². The van der Waals surface area contributed by atoms with Crippen LogP contribution in [-0.2, 0) is 0 Å². The standard InChI is InChI=1S/C6H9Br2N/c1-2-3-4-6(7,8)5-9/h2-4H2,1H3. The van der Waals surface area contributed by atoms with Crippen molar-refractivity contribution >= 4 is 31.9 Å². The summed E-state index contributed by atoms with van der Waals surface area (Å²) in [5, 5.41) is 8.48. The number of alkyl halides is 2. The predicted octanol–water partition coefficient (Wildman–Crippen LogP) is 3.19. The quantitative estimate of drug-likeness (QED) is 0.710. The van der Waals surface area contributed by atoms with E-state index >= 15 is 0 Å². The number of halogens is 2. The number of rotatable bonds is 3. The third-order valence-corrected chi connectivity index (χ3v) is 2.16. The summed E-state index contributed by atoms with van der Waals surface area (Å²) in [6.45, 7) is 2.10. The second-order valence-corrected chi connectivity index (χ2v) is 5.69. The Morgan fingerprint density at radius 1 is 1.56 bits per heavy atom. The SMILES string of the molecule is CCCCC(Br)(Br)C#N. The van der Waals surface area contributed by atoms with Crippen LogP contribution in [0.25, 0.3) is 0 Å². The van der Waals surface area contributed by atoms with Crippen LogP contribution in [-0.4, -0.2) is 3.23 Å². The summed E-state index contributed by atoms with van der Waals surface area (Å²) in [5.41, 5.74) is 0. The predicted molar refractivity (Wildman–Crippen MR) is 45.7 cm³/mol. The Morgan fingerprint density at radius 3 is 2.44 bits per heavy atom. The van der Waals surface area contributed by atoms with E-state index in [-0.39, 0.29) is 0 Å². The van der Waals surface area contributed by atoms with Crippen molar-refractivity contribution in [3.63, 3.8) is 0 Å². The zero-order valence-electron chi connectivity index (χ0n) is 5.32. The minimum Gasteiger partial charge on any atom is -0.196 e. The van der Waals surface area contributed by atoms with E-state index in [1.807, 2.05) is 0 Å². The fourth-order valence-corrected chi connectivity index (χ4v) is 1.02. The highest BCUT2D eigenvalue weighted by Crippen LogP contribution is 2.30. The zero-order chi connectivity index (χ0) is 7.33. The average molecular weight is 255 g/mol. The van der Waals surface area contributed by atoms with Crippen LogP contribution in [0.3, 0.4) is 0 Å². The summed E-state index contributed by atoms with van der Waals surface area (Å²) in [7, 11) is 0. The van der Waals surface area contributed by atoms with Gasteiger partial charge in [-0.05, 0) is 6.42 Å². The van der Waals surface area contributed by atoms with Crippen molar-refractivity contribution in [3.8, 4) is 6.07 Å². The third-order valence-electron chi connectivity index (χ3n) is 1.01. The average Bonchev–Trinajstić information content (AvgIpc) is 1.84. The van der Waals surface area contributed by atoms with Crippen molar-refractivity contribution in [2.45, 2.75) is 29.4 Å². The first-order valence-corrected chi connectivity index (χ1v) is 4.50. The molecule has 0 spiro atoms. The lowest BCUT2D eigenvalue weighted by Crippen LogP contribution is -2.05. The van der Waals surface area contributed by atoms with Crippen LogP contribution in [0.15, 0.2) is 0 Å². The minimum absolute atomic E-state index is 0.476. The van der Waals surface area contributed by atoms with Crippen molar-refractivity contribution in [1.82, 2.24) is 0 Å². The Kier molecular flexibility index (Phi) is 4.51. The van der Waals surface area contributed by atoms with Gasteiger partial charge in [0.15, 0.2) is 3.23 Å². The first-order chi connectivity index (χ1) is 4.12. The molecule has 0 amide bonds. The molecule has 3 heteroatoms. The summed E-state index contributed by atoms with van der Waals surface area (Å²) < 4.78 is -0.476. The molecular formula is C6H9Br2N. The molecule has 0 aliphatic heterocycles. The third kappa shape index (κ3) is 4.92. The molecule has 0 N–H and O–H groups in total. The normalized spacial score (nSPS) is 10.9. The first kappa shape index (κ1) is 9.45. The van der Waals surface area contributed by atoms with Gasteiger partial charge in [0.2, 0.25) is 0 Å². The summed E-state index contributed by atoms with van der Waals surface area (Å²) in [4.78, 5) is 0. The van der Waals surface area contributed by atoms with Crippen LogP contribution in [0, 0.1) is 11.3 Å². The molecule has 1 nitrogen and oxygen atoms in total. The molecule has 0 unspecified atom stereocenters. The number of unbranched alkanes of at least 4 members (excludes halogenated alkanes) is 1. The van der Waals surface area contributed by atoms with Gasteiger partial charge in [0.25, 0.3) is 0 Å². The van der Waals surface area contributed by atoms with E-state index in [2.05, 4.69) is 44.9 Å². The number of nitriles is 1. The highest BCUT2D eigenvalue weighted by molar-refractivity contribution is 9.25. The van der Waals surface area contributed by atoms with E-state index in [1.54, 1.807) is 0 Å².